The predicted octanol–water partition coefficient (Wildman–Crippen LogP) is 7.79. The van der Waals surface area contributed by atoms with Crippen LogP contribution in [0.4, 0.5) is 0 Å². The Balaban J connectivity index is 1.07. The Morgan fingerprint density at radius 3 is 2.25 bits per heavy atom. The first-order valence-electron chi connectivity index (χ1n) is 12.9. The second kappa shape index (κ2) is 10.8. The first-order valence-corrected chi connectivity index (χ1v) is 13.7. The highest BCUT2D eigenvalue weighted by atomic mass is 35.5. The lowest BCUT2D eigenvalue weighted by Gasteiger charge is -2.35. The molecule has 3 aromatic rings. The van der Waals surface area contributed by atoms with Gasteiger partial charge in [-0.1, -0.05) is 64.8 Å². The Labute approximate surface area is 222 Å². The van der Waals surface area contributed by atoms with E-state index >= 15 is 0 Å². The topological polar surface area (TPSA) is 53.7 Å². The van der Waals surface area contributed by atoms with Crippen molar-refractivity contribution in [3.05, 3.63) is 75.5 Å². The van der Waals surface area contributed by atoms with E-state index in [2.05, 4.69) is 17.3 Å². The summed E-state index contributed by atoms with van der Waals surface area (Å²) in [7, 11) is 0. The lowest BCUT2D eigenvalue weighted by molar-refractivity contribution is -0.142. The Morgan fingerprint density at radius 2 is 1.56 bits per heavy atom. The molecule has 1 aromatic heterocycles. The van der Waals surface area contributed by atoms with Crippen LogP contribution in [0, 0.1) is 11.8 Å². The van der Waals surface area contributed by atoms with Crippen LogP contribution in [0.25, 0.3) is 11.3 Å². The summed E-state index contributed by atoms with van der Waals surface area (Å²) < 4.78 is 24.3. The molecule has 6 rings (SSSR count). The number of fused-ring (bicyclic) bond motifs is 2. The highest BCUT2D eigenvalue weighted by Crippen LogP contribution is 2.48. The molecule has 4 atom stereocenters. The maximum absolute atomic E-state index is 6.53. The van der Waals surface area contributed by atoms with E-state index in [4.69, 9.17) is 41.9 Å². The second-order valence-corrected chi connectivity index (χ2v) is 11.1. The molecule has 0 unspecified atom stereocenters. The Hall–Kier alpha value is -1.89. The zero-order valence-corrected chi connectivity index (χ0v) is 21.7. The third-order valence-electron chi connectivity index (χ3n) is 7.85. The van der Waals surface area contributed by atoms with Crippen LogP contribution in [0.5, 0.6) is 0 Å². The maximum atomic E-state index is 6.53. The minimum Gasteiger partial charge on any atom is -0.373 e. The quantitative estimate of drug-likeness (QED) is 0.199. The van der Waals surface area contributed by atoms with E-state index in [0.717, 1.165) is 48.1 Å². The standard InChI is InChI=1S/C29H31Cl2NO4/c30-24-7-4-8-25(31)26(24)27-23(29(36-32-27)19-9-10-19)16-34-22-13-20-11-12-21(14-22)28(20)35-17-33-15-18-5-2-1-3-6-18/h1-8,19-22,28H,9-17H2/t20-,21+,22+,28+. The molecular weight excluding hydrogens is 497 g/mol. The van der Waals surface area contributed by atoms with Gasteiger partial charge in [0.25, 0.3) is 0 Å². The smallest absolute Gasteiger partial charge is 0.147 e. The molecule has 1 heterocycles. The van der Waals surface area contributed by atoms with Gasteiger partial charge in [0, 0.05) is 17.0 Å². The SMILES string of the molecule is Clc1cccc(Cl)c1-c1noc(C2CC2)c1CO[C@H]1C[C@H]2CC[C@@H](C1)[C@H]2OCOCc1ccccc1. The summed E-state index contributed by atoms with van der Waals surface area (Å²) in [4.78, 5) is 0. The Kier molecular flexibility index (Phi) is 7.36. The highest BCUT2D eigenvalue weighted by Gasteiger charge is 2.44. The molecule has 3 saturated carbocycles. The Morgan fingerprint density at radius 1 is 0.833 bits per heavy atom. The van der Waals surface area contributed by atoms with Gasteiger partial charge in [0.05, 0.1) is 35.5 Å². The molecule has 5 nitrogen and oxygen atoms in total. The molecule has 36 heavy (non-hydrogen) atoms. The van der Waals surface area contributed by atoms with E-state index in [1.165, 1.54) is 12.8 Å². The summed E-state index contributed by atoms with van der Waals surface area (Å²) in [6, 6.07) is 15.7. The molecule has 2 bridgehead atoms. The molecule has 3 aliphatic carbocycles. The largest absolute Gasteiger partial charge is 0.373 e. The average molecular weight is 528 g/mol. The molecule has 3 fully saturated rings. The van der Waals surface area contributed by atoms with Crippen molar-refractivity contribution in [3.63, 3.8) is 0 Å². The van der Waals surface area contributed by atoms with E-state index in [1.54, 1.807) is 0 Å². The van der Waals surface area contributed by atoms with Crippen LogP contribution in [-0.2, 0) is 27.4 Å². The molecule has 2 aromatic carbocycles. The van der Waals surface area contributed by atoms with Crippen molar-refractivity contribution in [2.24, 2.45) is 11.8 Å². The molecule has 7 heteroatoms. The van der Waals surface area contributed by atoms with Crippen molar-refractivity contribution >= 4 is 23.2 Å². The molecule has 0 saturated heterocycles. The summed E-state index contributed by atoms with van der Waals surface area (Å²) in [5.74, 6) is 2.37. The van der Waals surface area contributed by atoms with Crippen LogP contribution in [0.1, 0.15) is 61.3 Å². The van der Waals surface area contributed by atoms with E-state index in [1.807, 2.05) is 36.4 Å². The lowest BCUT2D eigenvalue weighted by atomic mass is 9.84. The summed E-state index contributed by atoms with van der Waals surface area (Å²) in [5, 5.41) is 5.54. The van der Waals surface area contributed by atoms with Crippen LogP contribution in [-0.4, -0.2) is 24.2 Å². The average Bonchev–Trinajstić information content (AvgIpc) is 3.60. The fraction of sp³-hybridized carbons (Fsp3) is 0.483. The van der Waals surface area contributed by atoms with Gasteiger partial charge in [-0.25, -0.2) is 0 Å². The van der Waals surface area contributed by atoms with Crippen LogP contribution in [0.3, 0.4) is 0 Å². The van der Waals surface area contributed by atoms with Gasteiger partial charge in [-0.15, -0.1) is 0 Å². The van der Waals surface area contributed by atoms with Crippen molar-refractivity contribution in [2.45, 2.75) is 69.9 Å². The lowest BCUT2D eigenvalue weighted by Crippen LogP contribution is -2.37. The van der Waals surface area contributed by atoms with Crippen molar-refractivity contribution in [2.75, 3.05) is 6.79 Å². The fourth-order valence-electron chi connectivity index (χ4n) is 5.94. The minimum absolute atomic E-state index is 0.198. The molecule has 190 valence electrons. The Bertz CT molecular complexity index is 1150. The number of rotatable bonds is 10. The molecule has 0 spiro atoms. The number of aromatic nitrogens is 1. The predicted molar refractivity (Wildman–Crippen MR) is 139 cm³/mol. The van der Waals surface area contributed by atoms with Crippen LogP contribution in [0.2, 0.25) is 10.0 Å². The van der Waals surface area contributed by atoms with Gasteiger partial charge in [0.1, 0.15) is 18.2 Å². The van der Waals surface area contributed by atoms with Gasteiger partial charge in [0.2, 0.25) is 0 Å². The highest BCUT2D eigenvalue weighted by molar-refractivity contribution is 6.39. The third-order valence-corrected chi connectivity index (χ3v) is 8.48. The molecular formula is C29H31Cl2NO4. The van der Waals surface area contributed by atoms with Gasteiger partial charge < -0.3 is 18.7 Å². The van der Waals surface area contributed by atoms with Gasteiger partial charge in [-0.05, 0) is 68.1 Å². The zero-order chi connectivity index (χ0) is 24.5. The molecule has 0 N–H and O–H groups in total. The monoisotopic (exact) mass is 527 g/mol. The summed E-state index contributed by atoms with van der Waals surface area (Å²) in [6.07, 6.45) is 7.09. The summed E-state index contributed by atoms with van der Waals surface area (Å²) >= 11 is 13.0. The molecule has 0 aliphatic heterocycles. The number of hydrogen-bond acceptors (Lipinski definition) is 5. The minimum atomic E-state index is 0.198. The van der Waals surface area contributed by atoms with Gasteiger partial charge in [-0.3, -0.25) is 0 Å². The molecule has 0 radical (unpaired) electrons. The number of hydrogen-bond donors (Lipinski definition) is 0. The van der Waals surface area contributed by atoms with Crippen molar-refractivity contribution in [1.29, 1.82) is 0 Å². The zero-order valence-electron chi connectivity index (χ0n) is 20.2. The number of halogens is 2. The van der Waals surface area contributed by atoms with E-state index in [-0.39, 0.29) is 12.2 Å². The fourth-order valence-corrected chi connectivity index (χ4v) is 6.51. The molecule has 3 aliphatic rings. The summed E-state index contributed by atoms with van der Waals surface area (Å²) in [5.41, 5.74) is 3.59. The number of nitrogens with zero attached hydrogens (tertiary/aromatic N) is 1. The van der Waals surface area contributed by atoms with Gasteiger partial charge >= 0.3 is 0 Å². The molecule has 0 amide bonds. The first kappa shape index (κ1) is 24.4. The van der Waals surface area contributed by atoms with Gasteiger partial charge in [-0.2, -0.15) is 0 Å². The number of ether oxygens (including phenoxy) is 3. The van der Waals surface area contributed by atoms with E-state index < -0.39 is 0 Å². The van der Waals surface area contributed by atoms with Crippen LogP contribution >= 0.6 is 23.2 Å². The third kappa shape index (κ3) is 5.23. The van der Waals surface area contributed by atoms with E-state index in [0.29, 0.717) is 53.5 Å². The van der Waals surface area contributed by atoms with Gasteiger partial charge in [0.15, 0.2) is 0 Å². The van der Waals surface area contributed by atoms with E-state index in [9.17, 15) is 0 Å². The first-order chi connectivity index (χ1) is 17.7. The van der Waals surface area contributed by atoms with Crippen molar-refractivity contribution < 1.29 is 18.7 Å². The van der Waals surface area contributed by atoms with Crippen LogP contribution < -0.4 is 0 Å². The van der Waals surface area contributed by atoms with Crippen molar-refractivity contribution in [3.8, 4) is 11.3 Å². The van der Waals surface area contributed by atoms with Crippen molar-refractivity contribution in [1.82, 2.24) is 5.16 Å². The number of benzene rings is 2. The maximum Gasteiger partial charge on any atom is 0.147 e. The normalized spacial score (nSPS) is 25.4. The van der Waals surface area contributed by atoms with Crippen LogP contribution in [0.15, 0.2) is 53.1 Å². The summed E-state index contributed by atoms with van der Waals surface area (Å²) in [6.45, 7) is 1.38. The second-order valence-electron chi connectivity index (χ2n) is 10.3.